The van der Waals surface area contributed by atoms with Crippen LogP contribution in [0.25, 0.3) is 0 Å². The number of hydrogen-bond donors (Lipinski definition) is 1. The molecule has 0 aliphatic heterocycles. The van der Waals surface area contributed by atoms with Gasteiger partial charge in [0.25, 0.3) is 5.91 Å². The van der Waals surface area contributed by atoms with E-state index in [1.165, 1.54) is 10.6 Å². The summed E-state index contributed by atoms with van der Waals surface area (Å²) in [5.41, 5.74) is 3.61. The van der Waals surface area contributed by atoms with Crippen molar-refractivity contribution in [1.29, 1.82) is 0 Å². The van der Waals surface area contributed by atoms with Crippen LogP contribution in [0, 0.1) is 6.92 Å². The topological polar surface area (TPSA) is 84.9 Å². The van der Waals surface area contributed by atoms with E-state index < -0.39 is 10.0 Å². The van der Waals surface area contributed by atoms with Crippen molar-refractivity contribution in [3.8, 4) is 11.5 Å². The molecule has 180 valence electrons. The number of hydrogen-bond acceptors (Lipinski definition) is 5. The van der Waals surface area contributed by atoms with Crippen molar-refractivity contribution in [2.24, 2.45) is 0 Å². The number of sulfonamides is 1. The first-order chi connectivity index (χ1) is 16.1. The first kappa shape index (κ1) is 25.1. The first-order valence-corrected chi connectivity index (χ1v) is 12.6. The maximum atomic E-state index is 12.8. The van der Waals surface area contributed by atoms with Gasteiger partial charge in [0.1, 0.15) is 11.5 Å². The zero-order valence-electron chi connectivity index (χ0n) is 20.0. The summed E-state index contributed by atoms with van der Waals surface area (Å²) in [6, 6.07) is 19.4. The minimum absolute atomic E-state index is 0.168. The molecule has 1 amide bonds. The van der Waals surface area contributed by atoms with Crippen LogP contribution in [0.4, 0.5) is 5.69 Å². The maximum Gasteiger partial charge on any atom is 0.251 e. The average molecular weight is 483 g/mol. The second kappa shape index (κ2) is 10.6. The molecular formula is C26H30N2O5S. The van der Waals surface area contributed by atoms with Crippen LogP contribution in [-0.4, -0.2) is 34.8 Å². The van der Waals surface area contributed by atoms with Crippen LogP contribution in [0.15, 0.2) is 66.7 Å². The van der Waals surface area contributed by atoms with Gasteiger partial charge in [-0.05, 0) is 67.4 Å². The third-order valence-corrected chi connectivity index (χ3v) is 6.62. The number of nitrogens with zero attached hydrogens (tertiary/aromatic N) is 1. The van der Waals surface area contributed by atoms with Crippen molar-refractivity contribution in [2.75, 3.05) is 24.8 Å². The van der Waals surface area contributed by atoms with Crippen molar-refractivity contribution < 1.29 is 22.7 Å². The van der Waals surface area contributed by atoms with Crippen molar-refractivity contribution >= 4 is 21.6 Å². The number of methoxy groups -OCH3 is 2. The third kappa shape index (κ3) is 6.08. The Morgan fingerprint density at radius 1 is 1.00 bits per heavy atom. The van der Waals surface area contributed by atoms with Gasteiger partial charge in [-0.2, -0.15) is 0 Å². The van der Waals surface area contributed by atoms with Gasteiger partial charge >= 0.3 is 0 Å². The molecule has 0 radical (unpaired) electrons. The maximum absolute atomic E-state index is 12.8. The first-order valence-electron chi connectivity index (χ1n) is 10.8. The molecule has 0 spiro atoms. The lowest BCUT2D eigenvalue weighted by molar-refractivity contribution is 0.0939. The number of carbonyl (C=O) groups excluding carboxylic acids is 1. The molecule has 3 aromatic rings. The molecule has 0 saturated carbocycles. The summed E-state index contributed by atoms with van der Waals surface area (Å²) in [4.78, 5) is 12.8. The van der Waals surface area contributed by atoms with Crippen LogP contribution in [0.2, 0.25) is 0 Å². The fraction of sp³-hybridized carbons (Fsp3) is 0.269. The van der Waals surface area contributed by atoms with E-state index in [0.29, 0.717) is 22.7 Å². The Morgan fingerprint density at radius 3 is 2.29 bits per heavy atom. The molecule has 0 heterocycles. The number of rotatable bonds is 9. The van der Waals surface area contributed by atoms with E-state index in [1.54, 1.807) is 56.7 Å². The van der Waals surface area contributed by atoms with E-state index in [0.717, 1.165) is 16.7 Å². The highest BCUT2D eigenvalue weighted by Crippen LogP contribution is 2.29. The SMILES string of the molecule is COc1ccc(OC)c(C(C)NC(=O)c2ccc(CN(c3cccc(C)c3)S(C)(=O)=O)cc2)c1. The molecule has 0 aliphatic carbocycles. The molecule has 0 bridgehead atoms. The molecule has 8 heteroatoms. The van der Waals surface area contributed by atoms with Gasteiger partial charge < -0.3 is 14.8 Å². The number of amides is 1. The molecule has 3 rings (SSSR count). The summed E-state index contributed by atoms with van der Waals surface area (Å²) in [6.07, 6.45) is 1.19. The highest BCUT2D eigenvalue weighted by atomic mass is 32.2. The zero-order valence-corrected chi connectivity index (χ0v) is 20.8. The number of nitrogens with one attached hydrogen (secondary N) is 1. The smallest absolute Gasteiger partial charge is 0.251 e. The number of carbonyl (C=O) groups is 1. The third-order valence-electron chi connectivity index (χ3n) is 5.48. The molecule has 1 unspecified atom stereocenters. The Hall–Kier alpha value is -3.52. The molecule has 0 aromatic heterocycles. The van der Waals surface area contributed by atoms with E-state index in [9.17, 15) is 13.2 Å². The standard InChI is InChI=1S/C26H30N2O5S/c1-18-7-6-8-22(15-18)28(34(5,30)31)17-20-9-11-21(12-10-20)26(29)27-19(2)24-16-23(32-3)13-14-25(24)33-4/h6-16,19H,17H2,1-5H3,(H,27,29). The summed E-state index contributed by atoms with van der Waals surface area (Å²) >= 11 is 0. The molecule has 3 aromatic carbocycles. The quantitative estimate of drug-likeness (QED) is 0.486. The van der Waals surface area contributed by atoms with E-state index in [2.05, 4.69) is 5.32 Å². The van der Waals surface area contributed by atoms with Gasteiger partial charge in [-0.3, -0.25) is 9.10 Å². The lowest BCUT2D eigenvalue weighted by Gasteiger charge is -2.23. The fourth-order valence-corrected chi connectivity index (χ4v) is 4.53. The lowest BCUT2D eigenvalue weighted by Crippen LogP contribution is -2.29. The largest absolute Gasteiger partial charge is 0.497 e. The zero-order chi connectivity index (χ0) is 24.9. The van der Waals surface area contributed by atoms with Crippen LogP contribution in [0.3, 0.4) is 0 Å². The number of benzene rings is 3. The Morgan fingerprint density at radius 2 is 1.71 bits per heavy atom. The van der Waals surface area contributed by atoms with Crippen molar-refractivity contribution in [1.82, 2.24) is 5.32 Å². The van der Waals surface area contributed by atoms with E-state index in [4.69, 9.17) is 9.47 Å². The highest BCUT2D eigenvalue weighted by molar-refractivity contribution is 7.92. The summed E-state index contributed by atoms with van der Waals surface area (Å²) in [5.74, 6) is 1.08. The lowest BCUT2D eigenvalue weighted by atomic mass is 10.1. The van der Waals surface area contributed by atoms with E-state index >= 15 is 0 Å². The van der Waals surface area contributed by atoms with Gasteiger partial charge in [-0.1, -0.05) is 24.3 Å². The minimum Gasteiger partial charge on any atom is -0.497 e. The second-order valence-electron chi connectivity index (χ2n) is 8.11. The second-order valence-corrected chi connectivity index (χ2v) is 10.0. The van der Waals surface area contributed by atoms with Gasteiger partial charge in [-0.25, -0.2) is 8.42 Å². The Balaban J connectivity index is 1.75. The number of anilines is 1. The number of ether oxygens (including phenoxy) is 2. The van der Waals surface area contributed by atoms with Crippen molar-refractivity contribution in [3.05, 3.63) is 89.0 Å². The van der Waals surface area contributed by atoms with Crippen LogP contribution in [0.5, 0.6) is 11.5 Å². The van der Waals surface area contributed by atoms with Crippen LogP contribution >= 0.6 is 0 Å². The van der Waals surface area contributed by atoms with Gasteiger partial charge in [-0.15, -0.1) is 0 Å². The molecule has 1 atom stereocenters. The monoisotopic (exact) mass is 482 g/mol. The van der Waals surface area contributed by atoms with Crippen molar-refractivity contribution in [2.45, 2.75) is 26.4 Å². The van der Waals surface area contributed by atoms with Crippen molar-refractivity contribution in [3.63, 3.8) is 0 Å². The Labute approximate surface area is 201 Å². The molecule has 7 nitrogen and oxygen atoms in total. The minimum atomic E-state index is -3.49. The summed E-state index contributed by atoms with van der Waals surface area (Å²) in [6.45, 7) is 3.95. The molecular weight excluding hydrogens is 452 g/mol. The fourth-order valence-electron chi connectivity index (χ4n) is 3.65. The molecule has 0 saturated heterocycles. The van der Waals surface area contributed by atoms with Gasteiger partial charge in [0, 0.05) is 11.1 Å². The Kier molecular flexibility index (Phi) is 7.83. The number of aryl methyl sites for hydroxylation is 1. The van der Waals surface area contributed by atoms with Crippen LogP contribution in [0.1, 0.15) is 40.0 Å². The van der Waals surface area contributed by atoms with Gasteiger partial charge in [0.05, 0.1) is 38.7 Å². The normalized spacial score (nSPS) is 12.0. The van der Waals surface area contributed by atoms with Gasteiger partial charge in [0.2, 0.25) is 10.0 Å². The molecule has 34 heavy (non-hydrogen) atoms. The van der Waals surface area contributed by atoms with Crippen LogP contribution < -0.4 is 19.1 Å². The summed E-state index contributed by atoms with van der Waals surface area (Å²) in [7, 11) is -0.324. The molecule has 0 fully saturated rings. The molecule has 1 N–H and O–H groups in total. The van der Waals surface area contributed by atoms with E-state index in [-0.39, 0.29) is 18.5 Å². The molecule has 0 aliphatic rings. The Bertz CT molecular complexity index is 1260. The summed E-state index contributed by atoms with van der Waals surface area (Å²) in [5, 5.41) is 2.97. The highest BCUT2D eigenvalue weighted by Gasteiger charge is 2.19. The van der Waals surface area contributed by atoms with Gasteiger partial charge in [0.15, 0.2) is 0 Å². The summed E-state index contributed by atoms with van der Waals surface area (Å²) < 4.78 is 36.9. The van der Waals surface area contributed by atoms with E-state index in [1.807, 2.05) is 38.1 Å². The van der Waals surface area contributed by atoms with Crippen LogP contribution in [-0.2, 0) is 16.6 Å². The average Bonchev–Trinajstić information content (AvgIpc) is 2.81. The predicted molar refractivity (Wildman–Crippen MR) is 134 cm³/mol. The predicted octanol–water partition coefficient (Wildman–Crippen LogP) is 4.47.